The highest BCUT2D eigenvalue weighted by Gasteiger charge is 2.34. The van der Waals surface area contributed by atoms with Crippen LogP contribution in [0.5, 0.6) is 5.75 Å². The number of hydrogen-bond donors (Lipinski definition) is 1. The second-order valence-corrected chi connectivity index (χ2v) is 8.28. The molecule has 3 aromatic rings. The van der Waals surface area contributed by atoms with E-state index in [1.165, 1.54) is 16.2 Å². The molecule has 160 valence electrons. The van der Waals surface area contributed by atoms with Gasteiger partial charge < -0.3 is 10.1 Å². The van der Waals surface area contributed by atoms with Gasteiger partial charge in [-0.05, 0) is 50.1 Å². The number of hydrogen-bond acceptors (Lipinski definition) is 6. The van der Waals surface area contributed by atoms with Crippen molar-refractivity contribution in [2.24, 2.45) is 0 Å². The maximum Gasteiger partial charge on any atom is 0.261 e. The lowest BCUT2D eigenvalue weighted by atomic mass is 10.1. The Kier molecular flexibility index (Phi) is 6.27. The second-order valence-electron chi connectivity index (χ2n) is 7.25. The Morgan fingerprint density at radius 1 is 1.06 bits per heavy atom. The van der Waals surface area contributed by atoms with Crippen molar-refractivity contribution in [3.63, 3.8) is 0 Å². The number of unbranched alkanes of at least 4 members (excludes halogenated alkanes) is 2. The van der Waals surface area contributed by atoms with E-state index in [1.54, 1.807) is 24.3 Å². The van der Waals surface area contributed by atoms with Crippen LogP contribution in [-0.4, -0.2) is 40.8 Å². The Morgan fingerprint density at radius 2 is 1.81 bits per heavy atom. The molecule has 0 atom stereocenters. The monoisotopic (exact) mass is 437 g/mol. The number of fused-ring (bicyclic) bond motifs is 2. The molecular formula is C23H23N3O4S. The number of carbonyl (C=O) groups is 3. The van der Waals surface area contributed by atoms with Crippen LogP contribution in [0, 0.1) is 0 Å². The number of carbonyl (C=O) groups excluding carboxylic acids is 3. The van der Waals surface area contributed by atoms with E-state index >= 15 is 0 Å². The van der Waals surface area contributed by atoms with Gasteiger partial charge in [0.15, 0.2) is 5.13 Å². The summed E-state index contributed by atoms with van der Waals surface area (Å²) in [6.07, 6.45) is 2.45. The summed E-state index contributed by atoms with van der Waals surface area (Å²) in [5, 5.41) is 3.42. The molecule has 0 unspecified atom stereocenters. The Bertz CT molecular complexity index is 1110. The van der Waals surface area contributed by atoms with Gasteiger partial charge in [-0.2, -0.15) is 0 Å². The number of anilines is 1. The van der Waals surface area contributed by atoms with E-state index in [0.717, 1.165) is 22.4 Å². The Labute approximate surface area is 184 Å². The minimum atomic E-state index is -0.235. The molecule has 0 spiro atoms. The van der Waals surface area contributed by atoms with Crippen molar-refractivity contribution in [3.8, 4) is 5.75 Å². The third-order valence-corrected chi connectivity index (χ3v) is 6.01. The van der Waals surface area contributed by atoms with Crippen LogP contribution in [0.15, 0.2) is 42.5 Å². The fourth-order valence-electron chi connectivity index (χ4n) is 3.57. The van der Waals surface area contributed by atoms with Gasteiger partial charge >= 0.3 is 0 Å². The zero-order chi connectivity index (χ0) is 21.8. The molecule has 0 saturated heterocycles. The lowest BCUT2D eigenvalue weighted by Crippen LogP contribution is -2.30. The number of benzene rings is 2. The van der Waals surface area contributed by atoms with Gasteiger partial charge in [0.2, 0.25) is 5.91 Å². The molecule has 7 nitrogen and oxygen atoms in total. The molecule has 31 heavy (non-hydrogen) atoms. The molecule has 1 N–H and O–H groups in total. The van der Waals surface area contributed by atoms with Gasteiger partial charge in [0.1, 0.15) is 5.75 Å². The van der Waals surface area contributed by atoms with Crippen LogP contribution in [0.2, 0.25) is 0 Å². The van der Waals surface area contributed by atoms with Crippen LogP contribution in [0.4, 0.5) is 5.13 Å². The molecule has 0 radical (unpaired) electrons. The quantitative estimate of drug-likeness (QED) is 0.394. The maximum absolute atomic E-state index is 12.3. The molecule has 0 saturated carbocycles. The van der Waals surface area contributed by atoms with Crippen LogP contribution in [0.25, 0.3) is 10.2 Å². The van der Waals surface area contributed by atoms with Gasteiger partial charge in [-0.3, -0.25) is 19.3 Å². The van der Waals surface area contributed by atoms with Crippen molar-refractivity contribution < 1.29 is 19.1 Å². The first kappa shape index (κ1) is 21.0. The second kappa shape index (κ2) is 9.26. The Balaban J connectivity index is 1.21. The summed E-state index contributed by atoms with van der Waals surface area (Å²) in [6.45, 7) is 2.90. The van der Waals surface area contributed by atoms with E-state index in [0.29, 0.717) is 48.7 Å². The minimum absolute atomic E-state index is 0.0928. The topological polar surface area (TPSA) is 88.6 Å². The molecule has 4 rings (SSSR count). The average molecular weight is 438 g/mol. The third-order valence-electron chi connectivity index (χ3n) is 5.08. The van der Waals surface area contributed by atoms with E-state index in [-0.39, 0.29) is 17.7 Å². The van der Waals surface area contributed by atoms with Gasteiger partial charge in [-0.15, -0.1) is 0 Å². The number of imide groups is 1. The van der Waals surface area contributed by atoms with Crippen LogP contribution >= 0.6 is 11.3 Å². The molecule has 8 heteroatoms. The van der Waals surface area contributed by atoms with E-state index in [2.05, 4.69) is 10.3 Å². The van der Waals surface area contributed by atoms with Crippen molar-refractivity contribution in [2.45, 2.75) is 32.6 Å². The highest BCUT2D eigenvalue weighted by atomic mass is 32.1. The largest absolute Gasteiger partial charge is 0.494 e. The van der Waals surface area contributed by atoms with Crippen molar-refractivity contribution >= 4 is 44.4 Å². The lowest BCUT2D eigenvalue weighted by molar-refractivity contribution is -0.116. The van der Waals surface area contributed by atoms with Crippen molar-refractivity contribution in [1.29, 1.82) is 0 Å². The molecule has 1 aromatic heterocycles. The SMILES string of the molecule is CCOc1ccc2nc(NC(=O)CCCCCN3C(=O)c4ccccc4C3=O)sc2c1. The summed E-state index contributed by atoms with van der Waals surface area (Å²) in [4.78, 5) is 42.7. The molecule has 0 aliphatic carbocycles. The smallest absolute Gasteiger partial charge is 0.261 e. The zero-order valence-corrected chi connectivity index (χ0v) is 18.0. The first-order valence-electron chi connectivity index (χ1n) is 10.4. The molecule has 2 heterocycles. The predicted molar refractivity (Wildman–Crippen MR) is 120 cm³/mol. The van der Waals surface area contributed by atoms with Gasteiger partial charge in [0, 0.05) is 13.0 Å². The standard InChI is InChI=1S/C23H23N3O4S/c1-2-30-15-11-12-18-19(14-15)31-23(24-18)25-20(27)10-4-3-7-13-26-21(28)16-8-5-6-9-17(16)22(26)29/h5-6,8-9,11-12,14H,2-4,7,10,13H2,1H3,(H,24,25,27). The Morgan fingerprint density at radius 3 is 2.52 bits per heavy atom. The van der Waals surface area contributed by atoms with E-state index in [1.807, 2.05) is 25.1 Å². The lowest BCUT2D eigenvalue weighted by Gasteiger charge is -2.13. The number of ether oxygens (including phenoxy) is 1. The normalized spacial score (nSPS) is 13.0. The molecule has 1 aliphatic rings. The number of nitrogens with one attached hydrogen (secondary N) is 1. The van der Waals surface area contributed by atoms with E-state index in [4.69, 9.17) is 4.74 Å². The Hall–Kier alpha value is -3.26. The number of rotatable bonds is 9. The van der Waals surface area contributed by atoms with Gasteiger partial charge in [-0.25, -0.2) is 4.98 Å². The molecule has 1 aliphatic heterocycles. The molecule has 0 fully saturated rings. The first-order chi connectivity index (χ1) is 15.1. The molecule has 2 aromatic carbocycles. The van der Waals surface area contributed by atoms with Gasteiger partial charge in [0.05, 0.1) is 28.0 Å². The van der Waals surface area contributed by atoms with Gasteiger partial charge in [-0.1, -0.05) is 29.9 Å². The first-order valence-corrected chi connectivity index (χ1v) is 11.2. The summed E-state index contributed by atoms with van der Waals surface area (Å²) >= 11 is 1.42. The fourth-order valence-corrected chi connectivity index (χ4v) is 4.48. The van der Waals surface area contributed by atoms with E-state index < -0.39 is 0 Å². The molecular weight excluding hydrogens is 414 g/mol. The predicted octanol–water partition coefficient (Wildman–Crippen LogP) is 4.49. The fraction of sp³-hybridized carbons (Fsp3) is 0.304. The van der Waals surface area contributed by atoms with Crippen molar-refractivity contribution in [2.75, 3.05) is 18.5 Å². The summed E-state index contributed by atoms with van der Waals surface area (Å²) in [7, 11) is 0. The van der Waals surface area contributed by atoms with Crippen molar-refractivity contribution in [1.82, 2.24) is 9.88 Å². The molecule has 3 amide bonds. The molecule has 0 bridgehead atoms. The van der Waals surface area contributed by atoms with Crippen LogP contribution < -0.4 is 10.1 Å². The summed E-state index contributed by atoms with van der Waals surface area (Å²) in [5.74, 6) is 0.225. The maximum atomic E-state index is 12.3. The summed E-state index contributed by atoms with van der Waals surface area (Å²) in [6, 6.07) is 12.5. The number of amides is 3. The van der Waals surface area contributed by atoms with Crippen LogP contribution in [-0.2, 0) is 4.79 Å². The third kappa shape index (κ3) is 4.59. The van der Waals surface area contributed by atoms with E-state index in [9.17, 15) is 14.4 Å². The van der Waals surface area contributed by atoms with Gasteiger partial charge in [0.25, 0.3) is 11.8 Å². The van der Waals surface area contributed by atoms with Crippen LogP contribution in [0.3, 0.4) is 0 Å². The number of thiazole rings is 1. The number of aromatic nitrogens is 1. The van der Waals surface area contributed by atoms with Crippen molar-refractivity contribution in [3.05, 3.63) is 53.6 Å². The summed E-state index contributed by atoms with van der Waals surface area (Å²) < 4.78 is 6.46. The highest BCUT2D eigenvalue weighted by molar-refractivity contribution is 7.22. The highest BCUT2D eigenvalue weighted by Crippen LogP contribution is 2.29. The zero-order valence-electron chi connectivity index (χ0n) is 17.2. The average Bonchev–Trinajstić information content (AvgIpc) is 3.27. The number of nitrogens with zero attached hydrogens (tertiary/aromatic N) is 2. The summed E-state index contributed by atoms with van der Waals surface area (Å²) in [5.41, 5.74) is 1.76. The minimum Gasteiger partial charge on any atom is -0.494 e. The van der Waals surface area contributed by atoms with Crippen LogP contribution in [0.1, 0.15) is 53.3 Å².